The van der Waals surface area contributed by atoms with E-state index < -0.39 is 10.0 Å². The lowest BCUT2D eigenvalue weighted by Gasteiger charge is -2.32. The molecule has 1 saturated heterocycles. The average Bonchev–Trinajstić information content (AvgIpc) is 2.72. The van der Waals surface area contributed by atoms with E-state index in [2.05, 4.69) is 40.8 Å². The molecule has 4 rings (SSSR count). The number of sulfonamides is 1. The van der Waals surface area contributed by atoms with Crippen LogP contribution in [0.15, 0.2) is 54.6 Å². The van der Waals surface area contributed by atoms with Crippen LogP contribution in [0, 0.1) is 12.8 Å². The van der Waals surface area contributed by atoms with Gasteiger partial charge in [-0.05, 0) is 68.3 Å². The molecule has 1 unspecified atom stereocenters. The van der Waals surface area contributed by atoms with Gasteiger partial charge < -0.3 is 4.74 Å². The van der Waals surface area contributed by atoms with Crippen molar-refractivity contribution >= 4 is 26.6 Å². The second-order valence-electron chi connectivity index (χ2n) is 8.40. The first-order valence-electron chi connectivity index (χ1n) is 10.6. The van der Waals surface area contributed by atoms with E-state index in [1.54, 1.807) is 24.3 Å². The second kappa shape index (κ2) is 9.24. The molecule has 1 aromatic heterocycles. The molecule has 0 saturated carbocycles. The fraction of sp³-hybridized carbons (Fsp3) is 0.375. The number of anilines is 1. The van der Waals surface area contributed by atoms with Crippen molar-refractivity contribution in [1.82, 2.24) is 9.88 Å². The number of rotatable bonds is 7. The first-order chi connectivity index (χ1) is 14.9. The number of pyridine rings is 1. The van der Waals surface area contributed by atoms with Crippen LogP contribution in [0.2, 0.25) is 0 Å². The van der Waals surface area contributed by atoms with Gasteiger partial charge in [-0.25, -0.2) is 8.42 Å². The van der Waals surface area contributed by atoms with Crippen LogP contribution in [0.3, 0.4) is 0 Å². The molecule has 164 valence electrons. The van der Waals surface area contributed by atoms with Gasteiger partial charge in [-0.3, -0.25) is 14.6 Å². The number of hydrogen-bond donors (Lipinski definition) is 1. The highest BCUT2D eigenvalue weighted by Gasteiger charge is 2.21. The Morgan fingerprint density at radius 3 is 2.71 bits per heavy atom. The average molecular weight is 440 g/mol. The third kappa shape index (κ3) is 5.95. The number of aromatic nitrogens is 1. The summed E-state index contributed by atoms with van der Waals surface area (Å²) in [5.41, 5.74) is 3.98. The minimum absolute atomic E-state index is 0.462. The summed E-state index contributed by atoms with van der Waals surface area (Å²) in [6.45, 7) is 5.72. The normalized spacial score (nSPS) is 17.5. The molecule has 7 heteroatoms. The molecule has 3 aromatic rings. The van der Waals surface area contributed by atoms with Crippen LogP contribution in [0.5, 0.6) is 5.75 Å². The summed E-state index contributed by atoms with van der Waals surface area (Å²) < 4.78 is 31.1. The summed E-state index contributed by atoms with van der Waals surface area (Å²) in [5, 5.41) is 1.22. The van der Waals surface area contributed by atoms with Gasteiger partial charge in [-0.2, -0.15) is 0 Å². The van der Waals surface area contributed by atoms with E-state index in [4.69, 9.17) is 9.72 Å². The van der Waals surface area contributed by atoms with Crippen molar-refractivity contribution in [2.24, 2.45) is 5.92 Å². The Balaban J connectivity index is 1.33. The number of likely N-dealkylation sites (tertiary alicyclic amines) is 1. The molecule has 0 spiro atoms. The van der Waals surface area contributed by atoms with Crippen molar-refractivity contribution in [3.8, 4) is 5.75 Å². The molecular weight excluding hydrogens is 410 g/mol. The predicted octanol–water partition coefficient (Wildman–Crippen LogP) is 4.21. The Kier molecular flexibility index (Phi) is 6.43. The summed E-state index contributed by atoms with van der Waals surface area (Å²) in [6, 6.07) is 17.5. The maximum atomic E-state index is 11.3. The van der Waals surface area contributed by atoms with E-state index in [1.807, 2.05) is 6.07 Å². The Morgan fingerprint density at radius 2 is 1.94 bits per heavy atom. The van der Waals surface area contributed by atoms with E-state index in [0.717, 1.165) is 55.7 Å². The van der Waals surface area contributed by atoms with Gasteiger partial charge in [0.25, 0.3) is 0 Å². The SMILES string of the molecule is Cc1cc(CN2CCCC(COc3ccc(NS(C)(=O)=O)cc3)C2)nc2ccccc12. The third-order valence-electron chi connectivity index (χ3n) is 5.61. The molecule has 1 aliphatic rings. The highest BCUT2D eigenvalue weighted by atomic mass is 32.2. The van der Waals surface area contributed by atoms with Gasteiger partial charge in [-0.15, -0.1) is 0 Å². The van der Waals surface area contributed by atoms with Crippen molar-refractivity contribution in [3.05, 3.63) is 65.9 Å². The minimum Gasteiger partial charge on any atom is -0.493 e. The number of piperidine rings is 1. The Bertz CT molecular complexity index is 1150. The van der Waals surface area contributed by atoms with Crippen LogP contribution in [0.4, 0.5) is 5.69 Å². The van der Waals surface area contributed by atoms with E-state index >= 15 is 0 Å². The standard InChI is InChI=1S/C24H29N3O3S/c1-18-14-21(25-24-8-4-3-7-23(18)24)16-27-13-5-6-19(15-27)17-30-22-11-9-20(10-12-22)26-31(2,28)29/h3-4,7-12,14,19,26H,5-6,13,15-17H2,1-2H3. The number of ether oxygens (including phenoxy) is 1. The van der Waals surface area contributed by atoms with Crippen molar-refractivity contribution < 1.29 is 13.2 Å². The smallest absolute Gasteiger partial charge is 0.229 e. The van der Waals surface area contributed by atoms with Crippen molar-refractivity contribution in [2.75, 3.05) is 30.7 Å². The maximum absolute atomic E-state index is 11.3. The minimum atomic E-state index is -3.27. The van der Waals surface area contributed by atoms with Crippen LogP contribution in [-0.2, 0) is 16.6 Å². The topological polar surface area (TPSA) is 71.5 Å². The molecule has 6 nitrogen and oxygen atoms in total. The number of para-hydroxylation sites is 1. The van der Waals surface area contributed by atoms with Gasteiger partial charge >= 0.3 is 0 Å². The largest absolute Gasteiger partial charge is 0.493 e. The first kappa shape index (κ1) is 21.6. The van der Waals surface area contributed by atoms with Gasteiger partial charge in [0.15, 0.2) is 0 Å². The summed E-state index contributed by atoms with van der Waals surface area (Å²) in [4.78, 5) is 7.33. The Labute approximate surface area is 184 Å². The molecule has 1 aliphatic heterocycles. The van der Waals surface area contributed by atoms with Gasteiger partial charge in [-0.1, -0.05) is 18.2 Å². The van der Waals surface area contributed by atoms with Crippen LogP contribution in [-0.4, -0.2) is 44.3 Å². The zero-order valence-electron chi connectivity index (χ0n) is 18.0. The monoisotopic (exact) mass is 439 g/mol. The van der Waals surface area contributed by atoms with Crippen LogP contribution in [0.25, 0.3) is 10.9 Å². The number of nitrogens with one attached hydrogen (secondary N) is 1. The van der Waals surface area contributed by atoms with Crippen molar-refractivity contribution in [1.29, 1.82) is 0 Å². The van der Waals surface area contributed by atoms with Crippen molar-refractivity contribution in [2.45, 2.75) is 26.3 Å². The van der Waals surface area contributed by atoms with Crippen LogP contribution < -0.4 is 9.46 Å². The molecule has 31 heavy (non-hydrogen) atoms. The van der Waals surface area contributed by atoms with E-state index in [0.29, 0.717) is 18.2 Å². The number of fused-ring (bicyclic) bond motifs is 1. The van der Waals surface area contributed by atoms with E-state index in [-0.39, 0.29) is 0 Å². The van der Waals surface area contributed by atoms with Crippen molar-refractivity contribution in [3.63, 3.8) is 0 Å². The fourth-order valence-corrected chi connectivity index (χ4v) is 4.77. The molecule has 1 fully saturated rings. The van der Waals surface area contributed by atoms with Crippen LogP contribution in [0.1, 0.15) is 24.1 Å². The number of hydrogen-bond acceptors (Lipinski definition) is 5. The Morgan fingerprint density at radius 1 is 1.16 bits per heavy atom. The number of nitrogens with zero attached hydrogens (tertiary/aromatic N) is 2. The van der Waals surface area contributed by atoms with Gasteiger partial charge in [0, 0.05) is 30.1 Å². The highest BCUT2D eigenvalue weighted by molar-refractivity contribution is 7.92. The first-order valence-corrected chi connectivity index (χ1v) is 12.5. The summed E-state index contributed by atoms with van der Waals surface area (Å²) >= 11 is 0. The molecular formula is C24H29N3O3S. The summed E-state index contributed by atoms with van der Waals surface area (Å²) in [5.74, 6) is 1.21. The molecule has 2 aromatic carbocycles. The predicted molar refractivity (Wildman–Crippen MR) is 125 cm³/mol. The van der Waals surface area contributed by atoms with Gasteiger partial charge in [0.05, 0.1) is 24.1 Å². The van der Waals surface area contributed by atoms with Crippen LogP contribution >= 0.6 is 0 Å². The van der Waals surface area contributed by atoms with Gasteiger partial charge in [0.1, 0.15) is 5.75 Å². The van der Waals surface area contributed by atoms with Gasteiger partial charge in [0.2, 0.25) is 10.0 Å². The fourth-order valence-electron chi connectivity index (χ4n) is 4.21. The lowest BCUT2D eigenvalue weighted by molar-refractivity contribution is 0.124. The molecule has 1 N–H and O–H groups in total. The Hall–Kier alpha value is -2.64. The summed E-state index contributed by atoms with van der Waals surface area (Å²) in [7, 11) is -3.27. The highest BCUT2D eigenvalue weighted by Crippen LogP contribution is 2.23. The molecule has 0 amide bonds. The molecule has 0 aliphatic carbocycles. The molecule has 0 bridgehead atoms. The summed E-state index contributed by atoms with van der Waals surface area (Å²) in [6.07, 6.45) is 3.44. The van der Waals surface area contributed by atoms with E-state index in [9.17, 15) is 8.42 Å². The number of benzene rings is 2. The quantitative estimate of drug-likeness (QED) is 0.597. The second-order valence-corrected chi connectivity index (χ2v) is 10.1. The molecule has 1 atom stereocenters. The lowest BCUT2D eigenvalue weighted by atomic mass is 9.98. The zero-order valence-corrected chi connectivity index (χ0v) is 18.9. The number of aryl methyl sites for hydroxylation is 1. The zero-order chi connectivity index (χ0) is 21.8. The van der Waals surface area contributed by atoms with E-state index in [1.165, 1.54) is 10.9 Å². The molecule has 0 radical (unpaired) electrons. The third-order valence-corrected chi connectivity index (χ3v) is 6.21. The lowest BCUT2D eigenvalue weighted by Crippen LogP contribution is -2.37. The maximum Gasteiger partial charge on any atom is 0.229 e. The molecule has 2 heterocycles.